The van der Waals surface area contributed by atoms with E-state index in [0.29, 0.717) is 5.56 Å². The van der Waals surface area contributed by atoms with Crippen molar-refractivity contribution in [1.29, 1.82) is 0 Å². The van der Waals surface area contributed by atoms with Crippen molar-refractivity contribution in [3.05, 3.63) is 46.5 Å². The molecule has 0 saturated carbocycles. The van der Waals surface area contributed by atoms with E-state index in [1.165, 1.54) is 18.2 Å². The van der Waals surface area contributed by atoms with Gasteiger partial charge < -0.3 is 15.3 Å². The molecule has 1 atom stereocenters. The van der Waals surface area contributed by atoms with Gasteiger partial charge in [0.2, 0.25) is 0 Å². The minimum absolute atomic E-state index is 0.163. The number of allylic oxidation sites excluding steroid dienone is 1. The Kier molecular flexibility index (Phi) is 7.68. The molecule has 0 heterocycles. The van der Waals surface area contributed by atoms with Crippen molar-refractivity contribution in [1.82, 2.24) is 10.2 Å². The van der Waals surface area contributed by atoms with Crippen LogP contribution in [0.25, 0.3) is 0 Å². The second-order valence-corrected chi connectivity index (χ2v) is 7.01. The molecule has 26 heavy (non-hydrogen) atoms. The van der Waals surface area contributed by atoms with Crippen molar-refractivity contribution in [3.63, 3.8) is 0 Å². The van der Waals surface area contributed by atoms with E-state index in [2.05, 4.69) is 11.9 Å². The lowest BCUT2D eigenvalue weighted by molar-refractivity contribution is -0.146. The van der Waals surface area contributed by atoms with Gasteiger partial charge in [-0.05, 0) is 35.7 Å². The van der Waals surface area contributed by atoms with Gasteiger partial charge in [-0.3, -0.25) is 4.79 Å². The highest BCUT2D eigenvalue weighted by Gasteiger charge is 2.42. The molecule has 5 nitrogen and oxygen atoms in total. The zero-order valence-corrected chi connectivity index (χ0v) is 16.0. The molecule has 0 aliphatic carbocycles. The Labute approximate surface area is 164 Å². The molecule has 1 rings (SSSR count). The number of carbonyl (C=O) groups is 2. The fraction of sp³-hybridized carbons (Fsp3) is 0.375. The van der Waals surface area contributed by atoms with E-state index in [1.54, 1.807) is 6.07 Å². The number of carboxylic acid groups (broad SMARTS) is 1. The predicted molar refractivity (Wildman–Crippen MR) is 97.4 cm³/mol. The minimum atomic E-state index is -4.08. The molecular formula is C16H17Cl3F2N2O3. The summed E-state index contributed by atoms with van der Waals surface area (Å²) in [5, 5.41) is 7.57. The number of rotatable bonds is 8. The van der Waals surface area contributed by atoms with Crippen molar-refractivity contribution in [2.75, 3.05) is 20.1 Å². The van der Waals surface area contributed by atoms with Crippen molar-refractivity contribution >= 4 is 46.8 Å². The molecule has 0 radical (unpaired) electrons. The van der Waals surface area contributed by atoms with E-state index < -0.39 is 22.8 Å². The second kappa shape index (κ2) is 8.88. The molecule has 144 valence electrons. The number of likely N-dealkylation sites (N-methyl/N-ethyl adjacent to an activating group) is 1. The van der Waals surface area contributed by atoms with Gasteiger partial charge >= 0.3 is 17.4 Å². The van der Waals surface area contributed by atoms with Gasteiger partial charge in [0.05, 0.1) is 10.0 Å². The van der Waals surface area contributed by atoms with Crippen LogP contribution >= 0.6 is 34.8 Å². The summed E-state index contributed by atoms with van der Waals surface area (Å²) in [5.74, 6) is -1.61. The van der Waals surface area contributed by atoms with E-state index in [0.717, 1.165) is 11.9 Å². The fourth-order valence-electron chi connectivity index (χ4n) is 2.59. The summed E-state index contributed by atoms with van der Waals surface area (Å²) in [6, 6.07) is 4.57. The molecule has 10 heteroatoms. The molecule has 0 bridgehead atoms. The van der Waals surface area contributed by atoms with Crippen molar-refractivity contribution in [2.45, 2.75) is 17.2 Å². The van der Waals surface area contributed by atoms with Crippen LogP contribution in [-0.2, 0) is 10.2 Å². The lowest BCUT2D eigenvalue weighted by atomic mass is 9.76. The number of alkyl halides is 3. The number of benzene rings is 1. The quantitative estimate of drug-likeness (QED) is 0.476. The number of hydrogen-bond donors (Lipinski definition) is 2. The highest BCUT2D eigenvalue weighted by molar-refractivity contribution is 6.42. The predicted octanol–water partition coefficient (Wildman–Crippen LogP) is 4.36. The lowest BCUT2D eigenvalue weighted by Crippen LogP contribution is -2.51. The molecule has 1 aromatic carbocycles. The third-order valence-electron chi connectivity index (χ3n) is 3.77. The first-order valence-electron chi connectivity index (χ1n) is 7.28. The summed E-state index contributed by atoms with van der Waals surface area (Å²) < 4.78 is 26.3. The number of nitrogens with one attached hydrogen (secondary N) is 1. The first kappa shape index (κ1) is 22.5. The van der Waals surface area contributed by atoms with Gasteiger partial charge in [-0.15, -0.1) is 6.58 Å². The first-order chi connectivity index (χ1) is 11.9. The second-order valence-electron chi connectivity index (χ2n) is 5.72. The Hall–Kier alpha value is -1.57. The fourth-order valence-corrected chi connectivity index (χ4v) is 3.04. The Bertz CT molecular complexity index is 698. The van der Waals surface area contributed by atoms with Crippen LogP contribution < -0.4 is 5.32 Å². The van der Waals surface area contributed by atoms with Gasteiger partial charge in [-0.1, -0.05) is 35.3 Å². The topological polar surface area (TPSA) is 69.6 Å². The average Bonchev–Trinajstić information content (AvgIpc) is 2.53. The Morgan fingerprint density at radius 1 is 1.35 bits per heavy atom. The minimum Gasteiger partial charge on any atom is -0.465 e. The van der Waals surface area contributed by atoms with Crippen LogP contribution in [0.5, 0.6) is 0 Å². The summed E-state index contributed by atoms with van der Waals surface area (Å²) in [5.41, 5.74) is -0.612. The molecule has 0 spiro atoms. The monoisotopic (exact) mass is 428 g/mol. The SMILES string of the molecule is C=CCC(CNC(=O)O)(CN(C)C(=O)C(F)(F)Cl)c1ccc(Cl)c(Cl)c1. The number of amides is 2. The lowest BCUT2D eigenvalue weighted by Gasteiger charge is -2.37. The summed E-state index contributed by atoms with van der Waals surface area (Å²) >= 11 is 16.8. The summed E-state index contributed by atoms with van der Waals surface area (Å²) in [6.45, 7) is 3.18. The molecule has 0 aromatic heterocycles. The molecule has 1 aromatic rings. The van der Waals surface area contributed by atoms with E-state index in [9.17, 15) is 18.4 Å². The van der Waals surface area contributed by atoms with Gasteiger partial charge in [-0.2, -0.15) is 8.78 Å². The van der Waals surface area contributed by atoms with Crippen LogP contribution in [0, 0.1) is 0 Å². The van der Waals surface area contributed by atoms with E-state index >= 15 is 0 Å². The van der Waals surface area contributed by atoms with Gasteiger partial charge in [0.15, 0.2) is 0 Å². The maximum absolute atomic E-state index is 13.2. The first-order valence-corrected chi connectivity index (χ1v) is 8.42. The van der Waals surface area contributed by atoms with E-state index in [1.807, 2.05) is 0 Å². The van der Waals surface area contributed by atoms with Crippen LogP contribution in [0.3, 0.4) is 0 Å². The van der Waals surface area contributed by atoms with Crippen LogP contribution in [0.15, 0.2) is 30.9 Å². The number of nitrogens with zero attached hydrogens (tertiary/aromatic N) is 1. The molecule has 0 aliphatic rings. The summed E-state index contributed by atoms with van der Waals surface area (Å²) in [6.07, 6.45) is 0.343. The maximum atomic E-state index is 13.2. The molecule has 0 aliphatic heterocycles. The molecular weight excluding hydrogens is 413 g/mol. The van der Waals surface area contributed by atoms with Gasteiger partial charge in [0.1, 0.15) is 0 Å². The van der Waals surface area contributed by atoms with Crippen molar-refractivity contribution < 1.29 is 23.5 Å². The Morgan fingerprint density at radius 3 is 2.42 bits per heavy atom. The third kappa shape index (κ3) is 5.72. The smallest absolute Gasteiger partial charge is 0.404 e. The molecule has 0 saturated heterocycles. The largest absolute Gasteiger partial charge is 0.465 e. The van der Waals surface area contributed by atoms with Crippen LogP contribution in [0.4, 0.5) is 13.6 Å². The molecule has 2 amide bonds. The highest BCUT2D eigenvalue weighted by atomic mass is 35.5. The molecule has 2 N–H and O–H groups in total. The number of carbonyl (C=O) groups excluding carboxylic acids is 1. The van der Waals surface area contributed by atoms with Crippen molar-refractivity contribution in [2.24, 2.45) is 0 Å². The van der Waals surface area contributed by atoms with Gasteiger partial charge in [-0.25, -0.2) is 4.79 Å². The van der Waals surface area contributed by atoms with Gasteiger partial charge in [0.25, 0.3) is 0 Å². The number of hydrogen-bond acceptors (Lipinski definition) is 2. The van der Waals surface area contributed by atoms with E-state index in [4.69, 9.17) is 39.9 Å². The standard InChI is InChI=1S/C16H17Cl3F2N2O3/c1-3-6-15(8-22-14(25)26,9-23(2)13(24)16(19,20)21)10-4-5-11(17)12(18)7-10/h3-5,7,22H,1,6,8-9H2,2H3,(H,25,26). The summed E-state index contributed by atoms with van der Waals surface area (Å²) in [7, 11) is 1.15. The zero-order chi connectivity index (χ0) is 20.1. The molecule has 1 unspecified atom stereocenters. The molecule has 0 fully saturated rings. The Morgan fingerprint density at radius 2 is 1.96 bits per heavy atom. The van der Waals surface area contributed by atoms with Crippen LogP contribution in [0.1, 0.15) is 12.0 Å². The van der Waals surface area contributed by atoms with Crippen molar-refractivity contribution in [3.8, 4) is 0 Å². The Balaban J connectivity index is 3.37. The highest BCUT2D eigenvalue weighted by Crippen LogP contribution is 2.34. The maximum Gasteiger partial charge on any atom is 0.404 e. The zero-order valence-electron chi connectivity index (χ0n) is 13.7. The van der Waals surface area contributed by atoms with E-state index in [-0.39, 0.29) is 29.6 Å². The van der Waals surface area contributed by atoms with Gasteiger partial charge in [0, 0.05) is 25.6 Å². The normalized spacial score (nSPS) is 13.6. The van der Waals surface area contributed by atoms with Crippen LogP contribution in [-0.4, -0.2) is 47.5 Å². The average molecular weight is 430 g/mol. The summed E-state index contributed by atoms with van der Waals surface area (Å²) in [4.78, 5) is 23.5. The van der Waals surface area contributed by atoms with Crippen LogP contribution in [0.2, 0.25) is 10.0 Å². The number of halogens is 5. The third-order valence-corrected chi connectivity index (χ3v) is 4.67.